The number of pyridine rings is 1. The Bertz CT molecular complexity index is 1040. The number of carbonyl (C=O) groups is 1. The van der Waals surface area contributed by atoms with E-state index in [-0.39, 0.29) is 11.4 Å². The van der Waals surface area contributed by atoms with Gasteiger partial charge in [0.2, 0.25) is 0 Å². The van der Waals surface area contributed by atoms with Crippen LogP contribution in [0.15, 0.2) is 66.0 Å². The molecule has 8 heteroatoms. The average Bonchev–Trinajstić information content (AvgIpc) is 3.06. The van der Waals surface area contributed by atoms with Crippen molar-refractivity contribution in [3.05, 3.63) is 72.2 Å². The molecule has 134 valence electrons. The average molecular weight is 371 g/mol. The summed E-state index contributed by atoms with van der Waals surface area (Å²) in [6.45, 7) is 1.89. The fourth-order valence-corrected chi connectivity index (χ4v) is 4.00. The summed E-state index contributed by atoms with van der Waals surface area (Å²) in [4.78, 5) is 14.7. The molecule has 0 saturated carbocycles. The summed E-state index contributed by atoms with van der Waals surface area (Å²) in [5.74, 6) is 0. The molecule has 0 aliphatic heterocycles. The molecular weight excluding hydrogens is 354 g/mol. The molecule has 7 nitrogen and oxygen atoms in total. The van der Waals surface area contributed by atoms with Gasteiger partial charge in [0.05, 0.1) is 5.69 Å². The Kier molecular flexibility index (Phi) is 4.77. The van der Waals surface area contributed by atoms with E-state index in [4.69, 9.17) is 5.11 Å². The van der Waals surface area contributed by atoms with Gasteiger partial charge in [-0.2, -0.15) is 0 Å². The van der Waals surface area contributed by atoms with E-state index in [2.05, 4.69) is 10.3 Å². The van der Waals surface area contributed by atoms with E-state index in [1.165, 1.54) is 28.6 Å². The van der Waals surface area contributed by atoms with E-state index >= 15 is 0 Å². The Morgan fingerprint density at radius 2 is 2.00 bits per heavy atom. The van der Waals surface area contributed by atoms with Gasteiger partial charge in [-0.15, -0.1) is 0 Å². The molecule has 0 atom stereocenters. The topological polar surface area (TPSA) is 101 Å². The fourth-order valence-electron chi connectivity index (χ4n) is 2.64. The summed E-state index contributed by atoms with van der Waals surface area (Å²) in [6, 6.07) is 12.1. The van der Waals surface area contributed by atoms with Gasteiger partial charge in [0, 0.05) is 30.7 Å². The van der Waals surface area contributed by atoms with Crippen LogP contribution in [0.1, 0.15) is 11.1 Å². The van der Waals surface area contributed by atoms with E-state index < -0.39 is 16.1 Å². The zero-order valence-electron chi connectivity index (χ0n) is 14.0. The van der Waals surface area contributed by atoms with E-state index in [1.807, 2.05) is 31.2 Å². The van der Waals surface area contributed by atoms with Crippen LogP contribution >= 0.6 is 0 Å². The first kappa shape index (κ1) is 17.7. The van der Waals surface area contributed by atoms with E-state index in [9.17, 15) is 13.2 Å². The monoisotopic (exact) mass is 371 g/mol. The van der Waals surface area contributed by atoms with Gasteiger partial charge in [-0.25, -0.2) is 17.2 Å². The van der Waals surface area contributed by atoms with E-state index in [1.54, 1.807) is 12.1 Å². The highest BCUT2D eigenvalue weighted by Gasteiger charge is 2.22. The number of aromatic nitrogens is 2. The molecule has 3 rings (SSSR count). The standard InChI is InChI=1S/C18H17N3O4S/c1-13-5-2-3-7-16(13)17-9-14(10-20-18(22)23)12-21(17)26(24,25)15-6-4-8-19-11-15/h2-9,11-12,20H,10H2,1H3,(H,22,23). The molecular formula is C18H17N3O4S. The van der Waals surface area contributed by atoms with Crippen LogP contribution in [0.4, 0.5) is 4.79 Å². The molecule has 0 saturated heterocycles. The molecule has 0 aliphatic rings. The van der Waals surface area contributed by atoms with Gasteiger partial charge >= 0.3 is 6.09 Å². The Labute approximate surface area is 151 Å². The number of nitrogens with zero attached hydrogens (tertiary/aromatic N) is 2. The zero-order chi connectivity index (χ0) is 18.7. The Morgan fingerprint density at radius 1 is 1.23 bits per heavy atom. The van der Waals surface area contributed by atoms with Crippen molar-refractivity contribution in [1.82, 2.24) is 14.3 Å². The molecule has 0 spiro atoms. The van der Waals surface area contributed by atoms with Crippen LogP contribution in [-0.4, -0.2) is 28.6 Å². The van der Waals surface area contributed by atoms with Crippen LogP contribution in [-0.2, 0) is 16.6 Å². The fraction of sp³-hybridized carbons (Fsp3) is 0.111. The number of aryl methyl sites for hydroxylation is 1. The number of benzene rings is 1. The van der Waals surface area contributed by atoms with E-state index in [0.717, 1.165) is 11.1 Å². The third kappa shape index (κ3) is 3.45. The van der Waals surface area contributed by atoms with Crippen molar-refractivity contribution in [1.29, 1.82) is 0 Å². The minimum absolute atomic E-state index is 0.00374. The number of rotatable bonds is 5. The molecule has 2 heterocycles. The van der Waals surface area contributed by atoms with Gasteiger partial charge < -0.3 is 10.4 Å². The maximum absolute atomic E-state index is 13.1. The summed E-state index contributed by atoms with van der Waals surface area (Å²) >= 11 is 0. The normalized spacial score (nSPS) is 11.3. The van der Waals surface area contributed by atoms with Crippen LogP contribution in [0.25, 0.3) is 11.3 Å². The largest absolute Gasteiger partial charge is 0.465 e. The summed E-state index contributed by atoms with van der Waals surface area (Å²) in [5.41, 5.74) is 2.67. The van der Waals surface area contributed by atoms with Crippen molar-refractivity contribution in [2.45, 2.75) is 18.4 Å². The summed E-state index contributed by atoms with van der Waals surface area (Å²) in [6.07, 6.45) is 3.04. The highest BCUT2D eigenvalue weighted by molar-refractivity contribution is 7.90. The number of hydrogen-bond donors (Lipinski definition) is 2. The lowest BCUT2D eigenvalue weighted by molar-refractivity contribution is 0.194. The first-order valence-electron chi connectivity index (χ1n) is 7.79. The molecule has 1 amide bonds. The molecule has 0 radical (unpaired) electrons. The smallest absolute Gasteiger partial charge is 0.404 e. The summed E-state index contributed by atoms with van der Waals surface area (Å²) in [7, 11) is -3.87. The molecule has 2 N–H and O–H groups in total. The molecule has 2 aromatic heterocycles. The number of carboxylic acid groups (broad SMARTS) is 1. The maximum atomic E-state index is 13.1. The Balaban J connectivity index is 2.17. The van der Waals surface area contributed by atoms with Crippen molar-refractivity contribution in [3.8, 4) is 11.3 Å². The third-order valence-corrected chi connectivity index (χ3v) is 5.56. The van der Waals surface area contributed by atoms with Crippen LogP contribution in [0.2, 0.25) is 0 Å². The zero-order valence-corrected chi connectivity index (χ0v) is 14.8. The van der Waals surface area contributed by atoms with Crippen molar-refractivity contribution in [2.24, 2.45) is 0 Å². The number of amides is 1. The van der Waals surface area contributed by atoms with E-state index in [0.29, 0.717) is 11.3 Å². The lowest BCUT2D eigenvalue weighted by atomic mass is 10.1. The molecule has 0 aliphatic carbocycles. The first-order chi connectivity index (χ1) is 12.4. The predicted molar refractivity (Wildman–Crippen MR) is 96.3 cm³/mol. The van der Waals surface area contributed by atoms with Crippen LogP contribution < -0.4 is 5.32 Å². The SMILES string of the molecule is Cc1ccccc1-c1cc(CNC(=O)O)cn1S(=O)(=O)c1cccnc1. The van der Waals surface area contributed by atoms with Crippen LogP contribution in [0, 0.1) is 6.92 Å². The lowest BCUT2D eigenvalue weighted by Gasteiger charge is -2.12. The molecule has 26 heavy (non-hydrogen) atoms. The van der Waals surface area contributed by atoms with Crippen molar-refractivity contribution < 1.29 is 18.3 Å². The molecule has 3 aromatic rings. The molecule has 1 aromatic carbocycles. The lowest BCUT2D eigenvalue weighted by Crippen LogP contribution is -2.19. The van der Waals surface area contributed by atoms with Gasteiger partial charge in [-0.1, -0.05) is 24.3 Å². The summed E-state index contributed by atoms with van der Waals surface area (Å²) in [5, 5.41) is 11.1. The van der Waals surface area contributed by atoms with Crippen molar-refractivity contribution in [3.63, 3.8) is 0 Å². The molecule has 0 fully saturated rings. The quantitative estimate of drug-likeness (QED) is 0.718. The minimum atomic E-state index is -3.87. The second-order valence-electron chi connectivity index (χ2n) is 5.70. The van der Waals surface area contributed by atoms with Gasteiger partial charge in [0.15, 0.2) is 0 Å². The van der Waals surface area contributed by atoms with Crippen LogP contribution in [0.5, 0.6) is 0 Å². The van der Waals surface area contributed by atoms with Crippen molar-refractivity contribution in [2.75, 3.05) is 0 Å². The highest BCUT2D eigenvalue weighted by atomic mass is 32.2. The summed E-state index contributed by atoms with van der Waals surface area (Å²) < 4.78 is 27.3. The van der Waals surface area contributed by atoms with Gasteiger partial charge in [-0.05, 0) is 36.2 Å². The third-order valence-electron chi connectivity index (χ3n) is 3.90. The second kappa shape index (κ2) is 7.01. The predicted octanol–water partition coefficient (Wildman–Crippen LogP) is 2.86. The second-order valence-corrected chi connectivity index (χ2v) is 7.51. The minimum Gasteiger partial charge on any atom is -0.465 e. The number of hydrogen-bond acceptors (Lipinski definition) is 4. The molecule has 0 unspecified atom stereocenters. The van der Waals surface area contributed by atoms with Gasteiger partial charge in [0.25, 0.3) is 10.0 Å². The number of nitrogens with one attached hydrogen (secondary N) is 1. The first-order valence-corrected chi connectivity index (χ1v) is 9.23. The van der Waals surface area contributed by atoms with Gasteiger partial charge in [-0.3, -0.25) is 4.98 Å². The van der Waals surface area contributed by atoms with Gasteiger partial charge in [0.1, 0.15) is 4.90 Å². The van der Waals surface area contributed by atoms with Crippen LogP contribution in [0.3, 0.4) is 0 Å². The van der Waals surface area contributed by atoms with Crippen molar-refractivity contribution >= 4 is 16.1 Å². The maximum Gasteiger partial charge on any atom is 0.404 e. The Morgan fingerprint density at radius 3 is 2.65 bits per heavy atom. The highest BCUT2D eigenvalue weighted by Crippen LogP contribution is 2.29. The molecule has 0 bridgehead atoms. The Hall–Kier alpha value is -3.13.